The van der Waals surface area contributed by atoms with E-state index in [9.17, 15) is 9.59 Å². The average Bonchev–Trinajstić information content (AvgIpc) is 3.53. The third kappa shape index (κ3) is 5.10. The molecule has 28 heavy (non-hydrogen) atoms. The van der Waals surface area contributed by atoms with Gasteiger partial charge in [0, 0.05) is 18.7 Å². The number of benzene rings is 2. The van der Waals surface area contributed by atoms with Gasteiger partial charge in [-0.25, -0.2) is 0 Å². The zero-order valence-electron chi connectivity index (χ0n) is 15.6. The van der Waals surface area contributed by atoms with Crippen LogP contribution in [-0.4, -0.2) is 29.8 Å². The summed E-state index contributed by atoms with van der Waals surface area (Å²) in [7, 11) is 0. The fourth-order valence-electron chi connectivity index (χ4n) is 3.01. The van der Waals surface area contributed by atoms with Crippen molar-refractivity contribution in [2.24, 2.45) is 11.7 Å². The fourth-order valence-corrected chi connectivity index (χ4v) is 3.01. The van der Waals surface area contributed by atoms with E-state index in [1.807, 2.05) is 12.1 Å². The van der Waals surface area contributed by atoms with Crippen molar-refractivity contribution in [3.05, 3.63) is 65.2 Å². The van der Waals surface area contributed by atoms with Crippen molar-refractivity contribution in [1.29, 1.82) is 5.26 Å². The van der Waals surface area contributed by atoms with Gasteiger partial charge in [0.15, 0.2) is 0 Å². The molecule has 0 bridgehead atoms. The first-order valence-electron chi connectivity index (χ1n) is 9.35. The summed E-state index contributed by atoms with van der Waals surface area (Å²) in [5, 5.41) is 8.86. The molecule has 0 radical (unpaired) electrons. The highest BCUT2D eigenvalue weighted by Gasteiger charge is 2.27. The van der Waals surface area contributed by atoms with E-state index >= 15 is 0 Å². The van der Waals surface area contributed by atoms with Crippen molar-refractivity contribution in [2.45, 2.75) is 25.9 Å². The molecule has 0 unspecified atom stereocenters. The first-order chi connectivity index (χ1) is 13.6. The lowest BCUT2D eigenvalue weighted by Gasteiger charge is -2.22. The second-order valence-corrected chi connectivity index (χ2v) is 6.95. The van der Waals surface area contributed by atoms with E-state index in [1.54, 1.807) is 41.3 Å². The summed E-state index contributed by atoms with van der Waals surface area (Å²) in [4.78, 5) is 26.2. The van der Waals surface area contributed by atoms with Gasteiger partial charge in [0.1, 0.15) is 12.4 Å². The Bertz CT molecular complexity index is 900. The minimum atomic E-state index is -0.548. The predicted molar refractivity (Wildman–Crippen MR) is 105 cm³/mol. The maximum Gasteiger partial charge on any atom is 0.253 e. The number of hydrogen-bond donors (Lipinski definition) is 1. The molecule has 0 atom stereocenters. The minimum absolute atomic E-state index is 0.0680. The van der Waals surface area contributed by atoms with E-state index in [-0.39, 0.29) is 12.5 Å². The average molecular weight is 377 g/mol. The molecule has 2 N–H and O–H groups in total. The summed E-state index contributed by atoms with van der Waals surface area (Å²) >= 11 is 0. The Labute approximate surface area is 164 Å². The molecule has 1 aliphatic rings. The fraction of sp³-hybridized carbons (Fsp3) is 0.318. The molecule has 6 heteroatoms. The van der Waals surface area contributed by atoms with Gasteiger partial charge in [-0.2, -0.15) is 5.26 Å². The lowest BCUT2D eigenvalue weighted by molar-refractivity contribution is 0.0751. The molecule has 6 nitrogen and oxygen atoms in total. The molecule has 1 saturated carbocycles. The van der Waals surface area contributed by atoms with Crippen LogP contribution in [0.4, 0.5) is 0 Å². The smallest absolute Gasteiger partial charge is 0.253 e. The maximum atomic E-state index is 12.9. The van der Waals surface area contributed by atoms with Crippen LogP contribution in [0, 0.1) is 17.2 Å². The van der Waals surface area contributed by atoms with E-state index in [0.29, 0.717) is 42.3 Å². The molecule has 0 spiro atoms. The van der Waals surface area contributed by atoms with Crippen molar-refractivity contribution in [3.8, 4) is 11.8 Å². The van der Waals surface area contributed by atoms with Crippen molar-refractivity contribution in [2.75, 3.05) is 13.1 Å². The van der Waals surface area contributed by atoms with Crippen molar-refractivity contribution in [1.82, 2.24) is 4.90 Å². The molecular weight excluding hydrogens is 354 g/mol. The molecule has 2 aromatic carbocycles. The molecule has 0 saturated heterocycles. The second-order valence-electron chi connectivity index (χ2n) is 6.95. The van der Waals surface area contributed by atoms with Crippen LogP contribution in [0.1, 0.15) is 45.5 Å². The zero-order chi connectivity index (χ0) is 19.9. The molecule has 2 aromatic rings. The zero-order valence-corrected chi connectivity index (χ0v) is 15.6. The molecule has 1 aliphatic carbocycles. The standard InChI is InChI=1S/C22H23N3O3/c23-11-4-12-25(14-16-9-10-16)22(27)18-6-3-5-17(13-18)15-28-20-8-2-1-7-19(20)21(24)26/h1-3,5-8,13,16H,4,9-10,12,14-15H2,(H2,24,26). The Morgan fingerprint density at radius 1 is 1.18 bits per heavy atom. The van der Waals surface area contributed by atoms with Crippen LogP contribution in [0.3, 0.4) is 0 Å². The largest absolute Gasteiger partial charge is 0.488 e. The number of amides is 2. The Morgan fingerprint density at radius 2 is 1.96 bits per heavy atom. The number of rotatable bonds is 9. The third-order valence-electron chi connectivity index (χ3n) is 4.68. The number of carbonyl (C=O) groups is 2. The number of ether oxygens (including phenoxy) is 1. The monoisotopic (exact) mass is 377 g/mol. The van der Waals surface area contributed by atoms with Gasteiger partial charge in [-0.3, -0.25) is 9.59 Å². The first-order valence-corrected chi connectivity index (χ1v) is 9.35. The Hall–Kier alpha value is -3.33. The van der Waals surface area contributed by atoms with Gasteiger partial charge in [0.05, 0.1) is 18.1 Å². The highest BCUT2D eigenvalue weighted by atomic mass is 16.5. The number of nitrogens with zero attached hydrogens (tertiary/aromatic N) is 2. The van der Waals surface area contributed by atoms with Gasteiger partial charge in [-0.1, -0.05) is 24.3 Å². The van der Waals surface area contributed by atoms with E-state index in [2.05, 4.69) is 6.07 Å². The third-order valence-corrected chi connectivity index (χ3v) is 4.68. The van der Waals surface area contributed by atoms with Crippen LogP contribution in [0.15, 0.2) is 48.5 Å². The molecule has 0 aliphatic heterocycles. The molecule has 1 fully saturated rings. The summed E-state index contributed by atoms with van der Waals surface area (Å²) < 4.78 is 5.75. The molecule has 2 amide bonds. The van der Waals surface area contributed by atoms with Gasteiger partial charge in [-0.05, 0) is 48.6 Å². The number of nitriles is 1. The topological polar surface area (TPSA) is 96.4 Å². The van der Waals surface area contributed by atoms with Gasteiger partial charge >= 0.3 is 0 Å². The van der Waals surface area contributed by atoms with E-state index in [0.717, 1.165) is 18.4 Å². The molecular formula is C22H23N3O3. The number of hydrogen-bond acceptors (Lipinski definition) is 4. The van der Waals surface area contributed by atoms with Crippen LogP contribution in [0.5, 0.6) is 5.75 Å². The van der Waals surface area contributed by atoms with Gasteiger partial charge in [-0.15, -0.1) is 0 Å². The van der Waals surface area contributed by atoms with Crippen LogP contribution in [0.25, 0.3) is 0 Å². The SMILES string of the molecule is N#CCCN(CC1CC1)C(=O)c1cccc(COc2ccccc2C(N)=O)c1. The summed E-state index contributed by atoms with van der Waals surface area (Å²) in [6.45, 7) is 1.36. The van der Waals surface area contributed by atoms with E-state index in [4.69, 9.17) is 15.7 Å². The minimum Gasteiger partial charge on any atom is -0.488 e. The highest BCUT2D eigenvalue weighted by Crippen LogP contribution is 2.30. The quantitative estimate of drug-likeness (QED) is 0.726. The number of primary amides is 1. The van der Waals surface area contributed by atoms with Crippen LogP contribution >= 0.6 is 0 Å². The summed E-state index contributed by atoms with van der Waals surface area (Å²) in [6.07, 6.45) is 2.61. The van der Waals surface area contributed by atoms with Crippen molar-refractivity contribution in [3.63, 3.8) is 0 Å². The van der Waals surface area contributed by atoms with Crippen molar-refractivity contribution < 1.29 is 14.3 Å². The van der Waals surface area contributed by atoms with Gasteiger partial charge in [0.2, 0.25) is 0 Å². The highest BCUT2D eigenvalue weighted by molar-refractivity contribution is 5.95. The lowest BCUT2D eigenvalue weighted by atomic mass is 10.1. The summed E-state index contributed by atoms with van der Waals surface area (Å²) in [5.74, 6) is 0.352. The second kappa shape index (κ2) is 9.05. The Balaban J connectivity index is 1.70. The number of nitrogens with two attached hydrogens (primary N) is 1. The van der Waals surface area contributed by atoms with Crippen LogP contribution in [-0.2, 0) is 6.61 Å². The maximum absolute atomic E-state index is 12.9. The van der Waals surface area contributed by atoms with E-state index in [1.165, 1.54) is 0 Å². The lowest BCUT2D eigenvalue weighted by Crippen LogP contribution is -2.33. The predicted octanol–water partition coefficient (Wildman–Crippen LogP) is 3.13. The van der Waals surface area contributed by atoms with E-state index < -0.39 is 5.91 Å². The van der Waals surface area contributed by atoms with Crippen LogP contribution in [0.2, 0.25) is 0 Å². The first kappa shape index (κ1) is 19.4. The van der Waals surface area contributed by atoms with Crippen LogP contribution < -0.4 is 10.5 Å². The normalized spacial score (nSPS) is 12.8. The number of para-hydroxylation sites is 1. The van der Waals surface area contributed by atoms with Gasteiger partial charge < -0.3 is 15.4 Å². The van der Waals surface area contributed by atoms with Gasteiger partial charge in [0.25, 0.3) is 11.8 Å². The summed E-state index contributed by atoms with van der Waals surface area (Å²) in [6, 6.07) is 16.2. The number of carbonyl (C=O) groups excluding carboxylic acids is 2. The molecule has 144 valence electrons. The summed E-state index contributed by atoms with van der Waals surface area (Å²) in [5.41, 5.74) is 7.08. The molecule has 0 heterocycles. The molecule has 0 aromatic heterocycles. The molecule has 3 rings (SSSR count). The van der Waals surface area contributed by atoms with Crippen molar-refractivity contribution >= 4 is 11.8 Å². The Morgan fingerprint density at radius 3 is 2.68 bits per heavy atom. The Kier molecular flexibility index (Phi) is 6.28.